The molecule has 2 aromatic rings. The molecule has 0 aromatic carbocycles. The number of hydrogen-bond acceptors (Lipinski definition) is 4. The summed E-state index contributed by atoms with van der Waals surface area (Å²) in [6.07, 6.45) is 5.73. The van der Waals surface area contributed by atoms with Crippen molar-refractivity contribution < 1.29 is 4.79 Å². The second-order valence-corrected chi connectivity index (χ2v) is 6.38. The summed E-state index contributed by atoms with van der Waals surface area (Å²) >= 11 is 0. The van der Waals surface area contributed by atoms with Crippen LogP contribution in [0.4, 0.5) is 0 Å². The number of amides is 1. The normalized spacial score (nSPS) is 15.3. The fourth-order valence-corrected chi connectivity index (χ4v) is 3.62. The molecule has 8 nitrogen and oxygen atoms in total. The molecule has 1 amide bonds. The van der Waals surface area contributed by atoms with Gasteiger partial charge in [0, 0.05) is 26.7 Å². The molecule has 3 rings (SSSR count). The number of likely N-dealkylation sites (N-methyl/N-ethyl adjacent to an activating group) is 1. The molecule has 0 unspecified atom stereocenters. The average molecular weight is 333 g/mol. The Morgan fingerprint density at radius 2 is 1.96 bits per heavy atom. The minimum atomic E-state index is -0.512. The second kappa shape index (κ2) is 6.26. The molecule has 2 aromatic heterocycles. The third-order valence-electron chi connectivity index (χ3n) is 4.92. The van der Waals surface area contributed by atoms with Crippen LogP contribution in [0, 0.1) is 0 Å². The van der Waals surface area contributed by atoms with Crippen molar-refractivity contribution in [3.05, 3.63) is 27.2 Å². The third kappa shape index (κ3) is 2.55. The van der Waals surface area contributed by atoms with Crippen molar-refractivity contribution >= 4 is 17.1 Å². The fourth-order valence-electron chi connectivity index (χ4n) is 3.62. The van der Waals surface area contributed by atoms with Crippen LogP contribution in [0.1, 0.15) is 32.6 Å². The van der Waals surface area contributed by atoms with Crippen molar-refractivity contribution in [3.63, 3.8) is 0 Å². The van der Waals surface area contributed by atoms with Crippen molar-refractivity contribution in [1.82, 2.24) is 23.6 Å². The summed E-state index contributed by atoms with van der Waals surface area (Å²) in [5.74, 6) is -0.176. The Bertz CT molecular complexity index is 885. The molecule has 8 heteroatoms. The SMILES string of the molecule is CCN(C(=O)Cn1c(=O)c2c(ncn2C)n(C)c1=O)C1CCCC1. The van der Waals surface area contributed by atoms with E-state index in [-0.39, 0.29) is 18.5 Å². The van der Waals surface area contributed by atoms with Gasteiger partial charge in [-0.1, -0.05) is 12.8 Å². The minimum absolute atomic E-state index is 0.176. The van der Waals surface area contributed by atoms with E-state index in [0.717, 1.165) is 30.3 Å². The highest BCUT2D eigenvalue weighted by atomic mass is 16.2. The largest absolute Gasteiger partial charge is 0.338 e. The van der Waals surface area contributed by atoms with E-state index in [2.05, 4.69) is 4.98 Å². The van der Waals surface area contributed by atoms with Crippen LogP contribution < -0.4 is 11.2 Å². The first-order chi connectivity index (χ1) is 11.5. The zero-order chi connectivity index (χ0) is 17.4. The fraction of sp³-hybridized carbons (Fsp3) is 0.625. The highest BCUT2D eigenvalue weighted by molar-refractivity contribution is 5.77. The van der Waals surface area contributed by atoms with Crippen LogP contribution in [-0.2, 0) is 25.4 Å². The molecular weight excluding hydrogens is 310 g/mol. The highest BCUT2D eigenvalue weighted by Crippen LogP contribution is 2.23. The smallest absolute Gasteiger partial charge is 0.332 e. The lowest BCUT2D eigenvalue weighted by Gasteiger charge is -2.27. The molecule has 0 N–H and O–H groups in total. The number of carbonyl (C=O) groups excluding carboxylic acids is 1. The van der Waals surface area contributed by atoms with Gasteiger partial charge in [-0.25, -0.2) is 14.3 Å². The predicted molar refractivity (Wildman–Crippen MR) is 89.9 cm³/mol. The zero-order valence-electron chi connectivity index (χ0n) is 14.4. The standard InChI is InChI=1S/C16H23N5O3/c1-4-20(11-7-5-6-8-11)12(22)9-21-15(23)13-14(17-10-18(13)2)19(3)16(21)24/h10-11H,4-9H2,1-3H3. The van der Waals surface area contributed by atoms with Crippen molar-refractivity contribution in [2.24, 2.45) is 14.1 Å². The maximum Gasteiger partial charge on any atom is 0.332 e. The van der Waals surface area contributed by atoms with Crippen molar-refractivity contribution in [3.8, 4) is 0 Å². The van der Waals surface area contributed by atoms with E-state index in [1.165, 1.54) is 10.9 Å². The molecule has 0 aliphatic heterocycles. The molecule has 130 valence electrons. The van der Waals surface area contributed by atoms with Crippen LogP contribution in [0.15, 0.2) is 15.9 Å². The van der Waals surface area contributed by atoms with E-state index in [4.69, 9.17) is 0 Å². The van der Waals surface area contributed by atoms with Gasteiger partial charge in [-0.05, 0) is 19.8 Å². The summed E-state index contributed by atoms with van der Waals surface area (Å²) in [7, 11) is 3.26. The maximum absolute atomic E-state index is 12.7. The Morgan fingerprint density at radius 3 is 2.58 bits per heavy atom. The molecule has 1 saturated carbocycles. The van der Waals surface area contributed by atoms with E-state index < -0.39 is 11.2 Å². The van der Waals surface area contributed by atoms with Crippen LogP contribution in [0.5, 0.6) is 0 Å². The van der Waals surface area contributed by atoms with Gasteiger partial charge >= 0.3 is 5.69 Å². The summed E-state index contributed by atoms with van der Waals surface area (Å²) in [6, 6.07) is 0.225. The summed E-state index contributed by atoms with van der Waals surface area (Å²) in [5.41, 5.74) is -0.320. The second-order valence-electron chi connectivity index (χ2n) is 6.38. The van der Waals surface area contributed by atoms with Gasteiger partial charge in [-0.3, -0.25) is 14.2 Å². The van der Waals surface area contributed by atoms with E-state index in [1.54, 1.807) is 23.6 Å². The number of rotatable bonds is 4. The van der Waals surface area contributed by atoms with Gasteiger partial charge in [0.15, 0.2) is 11.2 Å². The Labute approximate surface area is 139 Å². The lowest BCUT2D eigenvalue weighted by molar-refractivity contribution is -0.134. The number of carbonyl (C=O) groups is 1. The van der Waals surface area contributed by atoms with Gasteiger partial charge in [-0.15, -0.1) is 0 Å². The van der Waals surface area contributed by atoms with E-state index in [1.807, 2.05) is 6.92 Å². The van der Waals surface area contributed by atoms with Crippen LogP contribution >= 0.6 is 0 Å². The first kappa shape index (κ1) is 16.5. The Balaban J connectivity index is 2.00. The lowest BCUT2D eigenvalue weighted by atomic mass is 10.2. The van der Waals surface area contributed by atoms with Crippen molar-refractivity contribution in [1.29, 1.82) is 0 Å². The molecular formula is C16H23N5O3. The van der Waals surface area contributed by atoms with E-state index in [0.29, 0.717) is 17.7 Å². The zero-order valence-corrected chi connectivity index (χ0v) is 14.4. The molecule has 0 saturated heterocycles. The highest BCUT2D eigenvalue weighted by Gasteiger charge is 2.26. The third-order valence-corrected chi connectivity index (χ3v) is 4.92. The Kier molecular flexibility index (Phi) is 4.29. The summed E-state index contributed by atoms with van der Waals surface area (Å²) < 4.78 is 3.91. The lowest BCUT2D eigenvalue weighted by Crippen LogP contribution is -2.46. The van der Waals surface area contributed by atoms with Gasteiger partial charge in [0.2, 0.25) is 5.91 Å². The van der Waals surface area contributed by atoms with Gasteiger partial charge < -0.3 is 9.47 Å². The van der Waals surface area contributed by atoms with Crippen LogP contribution in [0.2, 0.25) is 0 Å². The molecule has 0 atom stereocenters. The first-order valence-electron chi connectivity index (χ1n) is 8.36. The average Bonchev–Trinajstić information content (AvgIpc) is 3.20. The van der Waals surface area contributed by atoms with Crippen LogP contribution in [0.3, 0.4) is 0 Å². The molecule has 2 heterocycles. The molecule has 0 bridgehead atoms. The van der Waals surface area contributed by atoms with Gasteiger partial charge in [0.1, 0.15) is 6.54 Å². The predicted octanol–water partition coefficient (Wildman–Crippen LogP) is 0.225. The molecule has 0 radical (unpaired) electrons. The monoisotopic (exact) mass is 333 g/mol. The van der Waals surface area contributed by atoms with Crippen LogP contribution in [0.25, 0.3) is 11.2 Å². The Hall–Kier alpha value is -2.38. The Morgan fingerprint density at radius 1 is 1.29 bits per heavy atom. The topological polar surface area (TPSA) is 82.1 Å². The van der Waals surface area contributed by atoms with Crippen molar-refractivity contribution in [2.75, 3.05) is 6.54 Å². The van der Waals surface area contributed by atoms with Gasteiger partial charge in [0.25, 0.3) is 5.56 Å². The number of hydrogen-bond donors (Lipinski definition) is 0. The number of nitrogens with zero attached hydrogens (tertiary/aromatic N) is 5. The molecule has 1 fully saturated rings. The number of imidazole rings is 1. The summed E-state index contributed by atoms with van der Waals surface area (Å²) in [4.78, 5) is 43.7. The maximum atomic E-state index is 12.7. The number of aromatic nitrogens is 4. The van der Waals surface area contributed by atoms with E-state index in [9.17, 15) is 14.4 Å². The van der Waals surface area contributed by atoms with Crippen LogP contribution in [-0.4, -0.2) is 42.1 Å². The number of fused-ring (bicyclic) bond motifs is 1. The molecule has 1 aliphatic carbocycles. The minimum Gasteiger partial charge on any atom is -0.338 e. The summed E-state index contributed by atoms with van der Waals surface area (Å²) in [5, 5.41) is 0. The molecule has 0 spiro atoms. The molecule has 24 heavy (non-hydrogen) atoms. The summed E-state index contributed by atoms with van der Waals surface area (Å²) in [6.45, 7) is 2.30. The number of aryl methyl sites for hydroxylation is 2. The first-order valence-corrected chi connectivity index (χ1v) is 8.36. The van der Waals surface area contributed by atoms with E-state index >= 15 is 0 Å². The van der Waals surface area contributed by atoms with Gasteiger partial charge in [-0.2, -0.15) is 0 Å². The van der Waals surface area contributed by atoms with Gasteiger partial charge in [0.05, 0.1) is 6.33 Å². The van der Waals surface area contributed by atoms with Crippen molar-refractivity contribution in [2.45, 2.75) is 45.2 Å². The quantitative estimate of drug-likeness (QED) is 0.802. The molecule has 1 aliphatic rings.